The van der Waals surface area contributed by atoms with Gasteiger partial charge in [0.15, 0.2) is 5.82 Å². The molecule has 0 amide bonds. The van der Waals surface area contributed by atoms with Crippen LogP contribution in [0.15, 0.2) is 48.8 Å². The number of hydrogen-bond donors (Lipinski definition) is 2. The van der Waals surface area contributed by atoms with Crippen LogP contribution in [0.4, 0.5) is 11.6 Å². The van der Waals surface area contributed by atoms with Crippen LogP contribution in [-0.4, -0.2) is 32.1 Å². The number of nitrogens with zero attached hydrogens (tertiary/aromatic N) is 4. The molecule has 7 nitrogen and oxygen atoms in total. The Balaban J connectivity index is 1.79. The third-order valence-electron chi connectivity index (χ3n) is 3.95. The van der Waals surface area contributed by atoms with Gasteiger partial charge in [-0.1, -0.05) is 0 Å². The van der Waals surface area contributed by atoms with E-state index in [1.54, 1.807) is 13.3 Å². The minimum Gasteiger partial charge on any atom is -0.497 e. The van der Waals surface area contributed by atoms with Crippen molar-refractivity contribution in [1.29, 1.82) is 0 Å². The Morgan fingerprint density at radius 1 is 1.20 bits per heavy atom. The molecule has 7 heteroatoms. The Hall–Kier alpha value is -3.35. The molecule has 0 atom stereocenters. The molecule has 1 aromatic carbocycles. The molecule has 0 aliphatic carbocycles. The fourth-order valence-corrected chi connectivity index (χ4v) is 2.78. The Labute approximate surface area is 144 Å². The monoisotopic (exact) mass is 334 g/mol. The highest BCUT2D eigenvalue weighted by atomic mass is 16.5. The summed E-state index contributed by atoms with van der Waals surface area (Å²) in [5.41, 5.74) is 1.92. The molecule has 3 heterocycles. The molecule has 0 fully saturated rings. The average molecular weight is 334 g/mol. The van der Waals surface area contributed by atoms with E-state index in [1.807, 2.05) is 54.2 Å². The van der Waals surface area contributed by atoms with Crippen LogP contribution < -0.4 is 10.1 Å². The topological polar surface area (TPSA) is 80.6 Å². The van der Waals surface area contributed by atoms with Gasteiger partial charge in [-0.2, -0.15) is 10.2 Å². The van der Waals surface area contributed by atoms with Crippen LogP contribution in [0.5, 0.6) is 5.75 Å². The fourth-order valence-electron chi connectivity index (χ4n) is 2.78. The van der Waals surface area contributed by atoms with E-state index in [-0.39, 0.29) is 0 Å². The largest absolute Gasteiger partial charge is 0.497 e. The number of H-pyrrole nitrogens is 1. The van der Waals surface area contributed by atoms with Crippen LogP contribution in [-0.2, 0) is 6.54 Å². The standard InChI is InChI=1S/C18H18N6O/c1-12-8-18(23-22-12)21-17-10-13-9-14(25-2)4-5-15(13)16(20-17)11-24-7-3-6-19-24/h3-10H,11H2,1-2H3,(H2,20,21,22,23). The number of fused-ring (bicyclic) bond motifs is 1. The van der Waals surface area contributed by atoms with Gasteiger partial charge in [-0.05, 0) is 42.6 Å². The van der Waals surface area contributed by atoms with Crippen molar-refractivity contribution >= 4 is 22.4 Å². The first kappa shape index (κ1) is 15.2. The van der Waals surface area contributed by atoms with E-state index in [0.29, 0.717) is 6.54 Å². The summed E-state index contributed by atoms with van der Waals surface area (Å²) in [6, 6.07) is 11.8. The van der Waals surface area contributed by atoms with Crippen molar-refractivity contribution in [2.75, 3.05) is 12.4 Å². The molecule has 126 valence electrons. The SMILES string of the molecule is COc1ccc2c(Cn3cccn3)nc(Nc3cc(C)[nH]n3)cc2c1. The first-order valence-electron chi connectivity index (χ1n) is 7.95. The van der Waals surface area contributed by atoms with Crippen LogP contribution in [0.25, 0.3) is 10.8 Å². The van der Waals surface area contributed by atoms with Crippen molar-refractivity contribution < 1.29 is 4.74 Å². The number of rotatable bonds is 5. The molecule has 0 radical (unpaired) electrons. The summed E-state index contributed by atoms with van der Waals surface area (Å²) in [5, 5.41) is 16.8. The second-order valence-corrected chi connectivity index (χ2v) is 5.81. The maximum Gasteiger partial charge on any atom is 0.153 e. The second-order valence-electron chi connectivity index (χ2n) is 5.81. The maximum atomic E-state index is 5.35. The van der Waals surface area contributed by atoms with Gasteiger partial charge in [0.25, 0.3) is 0 Å². The summed E-state index contributed by atoms with van der Waals surface area (Å²) in [5.74, 6) is 2.27. The van der Waals surface area contributed by atoms with E-state index in [4.69, 9.17) is 9.72 Å². The first-order valence-corrected chi connectivity index (χ1v) is 7.95. The van der Waals surface area contributed by atoms with Crippen molar-refractivity contribution in [3.63, 3.8) is 0 Å². The zero-order chi connectivity index (χ0) is 17.2. The Bertz CT molecular complexity index is 1010. The van der Waals surface area contributed by atoms with Gasteiger partial charge in [0, 0.05) is 29.5 Å². The van der Waals surface area contributed by atoms with Gasteiger partial charge in [-0.3, -0.25) is 9.78 Å². The van der Waals surface area contributed by atoms with Gasteiger partial charge in [-0.15, -0.1) is 0 Å². The van der Waals surface area contributed by atoms with Crippen LogP contribution >= 0.6 is 0 Å². The lowest BCUT2D eigenvalue weighted by Crippen LogP contribution is -2.05. The van der Waals surface area contributed by atoms with Gasteiger partial charge in [0.05, 0.1) is 19.3 Å². The lowest BCUT2D eigenvalue weighted by Gasteiger charge is -2.11. The van der Waals surface area contributed by atoms with Gasteiger partial charge in [0.1, 0.15) is 11.6 Å². The zero-order valence-corrected chi connectivity index (χ0v) is 14.0. The summed E-state index contributed by atoms with van der Waals surface area (Å²) in [6.45, 7) is 2.55. The summed E-state index contributed by atoms with van der Waals surface area (Å²) in [7, 11) is 1.67. The molecular formula is C18H18N6O. The second kappa shape index (κ2) is 6.27. The number of pyridine rings is 1. The van der Waals surface area contributed by atoms with E-state index in [1.165, 1.54) is 0 Å². The molecule has 0 aliphatic rings. The summed E-state index contributed by atoms with van der Waals surface area (Å²) < 4.78 is 7.21. The van der Waals surface area contributed by atoms with Crippen molar-refractivity contribution in [3.05, 3.63) is 60.2 Å². The molecule has 0 saturated carbocycles. The molecule has 4 aromatic rings. The zero-order valence-electron chi connectivity index (χ0n) is 14.0. The van der Waals surface area contributed by atoms with E-state index in [9.17, 15) is 0 Å². The van der Waals surface area contributed by atoms with Crippen molar-refractivity contribution in [2.24, 2.45) is 0 Å². The van der Waals surface area contributed by atoms with Gasteiger partial charge in [-0.25, -0.2) is 4.98 Å². The minimum absolute atomic E-state index is 0.588. The van der Waals surface area contributed by atoms with Crippen LogP contribution in [0, 0.1) is 6.92 Å². The number of benzene rings is 1. The average Bonchev–Trinajstić information content (AvgIpc) is 3.26. The molecule has 2 N–H and O–H groups in total. The highest BCUT2D eigenvalue weighted by molar-refractivity contribution is 5.88. The lowest BCUT2D eigenvalue weighted by molar-refractivity contribution is 0.415. The van der Waals surface area contributed by atoms with Gasteiger partial charge >= 0.3 is 0 Å². The highest BCUT2D eigenvalue weighted by Crippen LogP contribution is 2.27. The molecule has 0 saturated heterocycles. The number of aryl methyl sites for hydroxylation is 1. The number of hydrogen-bond acceptors (Lipinski definition) is 5. The Kier molecular flexibility index (Phi) is 3.81. The van der Waals surface area contributed by atoms with E-state index < -0.39 is 0 Å². The van der Waals surface area contributed by atoms with Crippen molar-refractivity contribution in [2.45, 2.75) is 13.5 Å². The lowest BCUT2D eigenvalue weighted by atomic mass is 10.1. The number of aromatic nitrogens is 5. The molecule has 0 aliphatic heterocycles. The van der Waals surface area contributed by atoms with Crippen LogP contribution in [0.3, 0.4) is 0 Å². The Morgan fingerprint density at radius 2 is 2.12 bits per heavy atom. The minimum atomic E-state index is 0.588. The predicted octanol–water partition coefficient (Wildman–Crippen LogP) is 3.26. The Morgan fingerprint density at radius 3 is 2.84 bits per heavy atom. The van der Waals surface area contributed by atoms with Crippen LogP contribution in [0.2, 0.25) is 0 Å². The first-order chi connectivity index (χ1) is 12.2. The van der Waals surface area contributed by atoms with E-state index in [0.717, 1.165) is 39.5 Å². The van der Waals surface area contributed by atoms with Gasteiger partial charge < -0.3 is 10.1 Å². The molecule has 0 spiro atoms. The number of nitrogens with one attached hydrogen (secondary N) is 2. The molecule has 0 bridgehead atoms. The number of aromatic amines is 1. The molecule has 0 unspecified atom stereocenters. The molecule has 3 aromatic heterocycles. The van der Waals surface area contributed by atoms with E-state index >= 15 is 0 Å². The van der Waals surface area contributed by atoms with Crippen molar-refractivity contribution in [1.82, 2.24) is 25.0 Å². The highest BCUT2D eigenvalue weighted by Gasteiger charge is 2.10. The summed E-state index contributed by atoms with van der Waals surface area (Å²) in [6.07, 6.45) is 3.69. The maximum absolute atomic E-state index is 5.35. The van der Waals surface area contributed by atoms with Crippen LogP contribution in [0.1, 0.15) is 11.4 Å². The van der Waals surface area contributed by atoms with Crippen molar-refractivity contribution in [3.8, 4) is 5.75 Å². The van der Waals surface area contributed by atoms with Gasteiger partial charge in [0.2, 0.25) is 0 Å². The fraction of sp³-hybridized carbons (Fsp3) is 0.167. The number of anilines is 2. The molecule has 4 rings (SSSR count). The third-order valence-corrected chi connectivity index (χ3v) is 3.95. The van der Waals surface area contributed by atoms with E-state index in [2.05, 4.69) is 20.6 Å². The normalized spacial score (nSPS) is 11.0. The summed E-state index contributed by atoms with van der Waals surface area (Å²) in [4.78, 5) is 4.77. The predicted molar refractivity (Wildman–Crippen MR) is 96.2 cm³/mol. The summed E-state index contributed by atoms with van der Waals surface area (Å²) >= 11 is 0. The quantitative estimate of drug-likeness (QED) is 0.585. The smallest absolute Gasteiger partial charge is 0.153 e. The number of methoxy groups -OCH3 is 1. The third kappa shape index (κ3) is 3.16. The number of ether oxygens (including phenoxy) is 1. The molecular weight excluding hydrogens is 316 g/mol. The molecule has 25 heavy (non-hydrogen) atoms.